The fourth-order valence-corrected chi connectivity index (χ4v) is 1.34. The SMILES string of the molecule is CC(CC#N)C(=O)c1ccc(F)c(Cl)c1. The van der Waals surface area contributed by atoms with Crippen molar-refractivity contribution < 1.29 is 9.18 Å². The lowest BCUT2D eigenvalue weighted by Gasteiger charge is -2.06. The summed E-state index contributed by atoms with van der Waals surface area (Å²) in [5.41, 5.74) is 0.337. The molecule has 0 aromatic heterocycles. The number of carbonyl (C=O) groups excluding carboxylic acids is 1. The zero-order chi connectivity index (χ0) is 11.4. The van der Waals surface area contributed by atoms with Crippen LogP contribution >= 0.6 is 11.6 Å². The van der Waals surface area contributed by atoms with Crippen molar-refractivity contribution in [2.24, 2.45) is 5.92 Å². The summed E-state index contributed by atoms with van der Waals surface area (Å²) in [6, 6.07) is 5.72. The lowest BCUT2D eigenvalue weighted by molar-refractivity contribution is 0.0932. The minimum Gasteiger partial charge on any atom is -0.294 e. The predicted molar refractivity (Wildman–Crippen MR) is 55.1 cm³/mol. The molecule has 4 heteroatoms. The number of rotatable bonds is 3. The molecule has 1 rings (SSSR count). The first kappa shape index (κ1) is 11.7. The van der Waals surface area contributed by atoms with Gasteiger partial charge in [0, 0.05) is 17.9 Å². The first-order valence-corrected chi connectivity index (χ1v) is 4.80. The second kappa shape index (κ2) is 4.90. The Morgan fingerprint density at radius 3 is 2.87 bits per heavy atom. The van der Waals surface area contributed by atoms with Crippen molar-refractivity contribution in [3.8, 4) is 6.07 Å². The molecule has 0 radical (unpaired) electrons. The molecule has 0 spiro atoms. The number of halogens is 2. The molecule has 1 aromatic rings. The molecule has 0 saturated heterocycles. The Kier molecular flexibility index (Phi) is 3.81. The van der Waals surface area contributed by atoms with Gasteiger partial charge in [0.25, 0.3) is 0 Å². The smallest absolute Gasteiger partial charge is 0.166 e. The Morgan fingerprint density at radius 2 is 2.33 bits per heavy atom. The van der Waals surface area contributed by atoms with Crippen molar-refractivity contribution in [2.45, 2.75) is 13.3 Å². The van der Waals surface area contributed by atoms with Gasteiger partial charge < -0.3 is 0 Å². The van der Waals surface area contributed by atoms with E-state index in [1.807, 2.05) is 6.07 Å². The Balaban J connectivity index is 2.93. The van der Waals surface area contributed by atoms with Gasteiger partial charge in [0.05, 0.1) is 11.1 Å². The highest BCUT2D eigenvalue weighted by Crippen LogP contribution is 2.19. The highest BCUT2D eigenvalue weighted by atomic mass is 35.5. The fraction of sp³-hybridized carbons (Fsp3) is 0.273. The van der Waals surface area contributed by atoms with Gasteiger partial charge in [0.15, 0.2) is 5.78 Å². The van der Waals surface area contributed by atoms with Crippen LogP contribution in [0.1, 0.15) is 23.7 Å². The van der Waals surface area contributed by atoms with E-state index in [0.29, 0.717) is 5.56 Å². The first-order valence-electron chi connectivity index (χ1n) is 4.42. The number of nitrogens with zero attached hydrogens (tertiary/aromatic N) is 1. The van der Waals surface area contributed by atoms with Crippen LogP contribution in [0, 0.1) is 23.1 Å². The largest absolute Gasteiger partial charge is 0.294 e. The molecule has 0 amide bonds. The first-order chi connectivity index (χ1) is 7.06. The number of nitriles is 1. The molecule has 15 heavy (non-hydrogen) atoms. The molecule has 1 atom stereocenters. The van der Waals surface area contributed by atoms with E-state index in [9.17, 15) is 9.18 Å². The third-order valence-corrected chi connectivity index (χ3v) is 2.34. The van der Waals surface area contributed by atoms with Crippen LogP contribution in [0.5, 0.6) is 0 Å². The maximum atomic E-state index is 12.8. The van der Waals surface area contributed by atoms with E-state index < -0.39 is 11.7 Å². The van der Waals surface area contributed by atoms with E-state index in [1.165, 1.54) is 12.1 Å². The van der Waals surface area contributed by atoms with Gasteiger partial charge in [-0.1, -0.05) is 18.5 Å². The van der Waals surface area contributed by atoms with Gasteiger partial charge in [-0.25, -0.2) is 4.39 Å². The summed E-state index contributed by atoms with van der Waals surface area (Å²) >= 11 is 5.55. The molecule has 1 unspecified atom stereocenters. The van der Waals surface area contributed by atoms with Crippen LogP contribution in [0.3, 0.4) is 0 Å². The number of benzene rings is 1. The molecule has 0 aliphatic carbocycles. The number of Topliss-reactive ketones (excluding diaryl/α,β-unsaturated/α-hetero) is 1. The van der Waals surface area contributed by atoms with Crippen molar-refractivity contribution in [3.05, 3.63) is 34.6 Å². The Hall–Kier alpha value is -1.40. The normalized spacial score (nSPS) is 11.9. The van der Waals surface area contributed by atoms with Crippen molar-refractivity contribution in [1.82, 2.24) is 0 Å². The van der Waals surface area contributed by atoms with Crippen LogP contribution in [0.15, 0.2) is 18.2 Å². The van der Waals surface area contributed by atoms with Crippen molar-refractivity contribution in [2.75, 3.05) is 0 Å². The summed E-state index contributed by atoms with van der Waals surface area (Å²) in [5.74, 6) is -1.14. The zero-order valence-electron chi connectivity index (χ0n) is 8.13. The molecule has 2 nitrogen and oxygen atoms in total. The van der Waals surface area contributed by atoms with Crippen LogP contribution in [0.25, 0.3) is 0 Å². The van der Waals surface area contributed by atoms with E-state index in [4.69, 9.17) is 16.9 Å². The summed E-state index contributed by atoms with van der Waals surface area (Å²) in [5, 5.41) is 8.36. The third-order valence-electron chi connectivity index (χ3n) is 2.05. The monoisotopic (exact) mass is 225 g/mol. The molecule has 0 saturated carbocycles. The molecule has 0 N–H and O–H groups in total. The standard InChI is InChI=1S/C11H9ClFNO/c1-7(4-5-14)11(15)8-2-3-10(13)9(12)6-8/h2-3,6-7H,4H2,1H3. The van der Waals surface area contributed by atoms with Gasteiger partial charge in [-0.2, -0.15) is 5.26 Å². The summed E-state index contributed by atoms with van der Waals surface area (Å²) in [6.07, 6.45) is 0.147. The van der Waals surface area contributed by atoms with E-state index in [1.54, 1.807) is 6.92 Å². The summed E-state index contributed by atoms with van der Waals surface area (Å²) in [7, 11) is 0. The number of hydrogen-bond donors (Lipinski definition) is 0. The molecule has 0 fully saturated rings. The van der Waals surface area contributed by atoms with Gasteiger partial charge in [-0.15, -0.1) is 0 Å². The molecule has 0 heterocycles. The fourth-order valence-electron chi connectivity index (χ4n) is 1.16. The van der Waals surface area contributed by atoms with Crippen molar-refractivity contribution >= 4 is 17.4 Å². The highest BCUT2D eigenvalue weighted by Gasteiger charge is 2.15. The van der Waals surface area contributed by atoms with Gasteiger partial charge in [-0.3, -0.25) is 4.79 Å². The predicted octanol–water partition coefficient (Wildman–Crippen LogP) is 3.21. The zero-order valence-corrected chi connectivity index (χ0v) is 8.88. The molecule has 0 bridgehead atoms. The lowest BCUT2D eigenvalue weighted by atomic mass is 9.97. The van der Waals surface area contributed by atoms with Crippen molar-refractivity contribution in [1.29, 1.82) is 5.26 Å². The molecular weight excluding hydrogens is 217 g/mol. The van der Waals surface area contributed by atoms with Crippen LogP contribution in [0.2, 0.25) is 5.02 Å². The van der Waals surface area contributed by atoms with Gasteiger partial charge >= 0.3 is 0 Å². The summed E-state index contributed by atoms with van der Waals surface area (Å²) in [6.45, 7) is 1.66. The molecule has 1 aromatic carbocycles. The van der Waals surface area contributed by atoms with Crippen LogP contribution in [0.4, 0.5) is 4.39 Å². The Morgan fingerprint density at radius 1 is 1.67 bits per heavy atom. The molecule has 0 aliphatic heterocycles. The number of hydrogen-bond acceptors (Lipinski definition) is 2. The Bertz CT molecular complexity index is 425. The quantitative estimate of drug-likeness (QED) is 0.741. The molecule has 0 aliphatic rings. The second-order valence-electron chi connectivity index (χ2n) is 3.26. The average molecular weight is 226 g/mol. The van der Waals surface area contributed by atoms with E-state index in [-0.39, 0.29) is 17.2 Å². The van der Waals surface area contributed by atoms with E-state index in [0.717, 1.165) is 6.07 Å². The minimum atomic E-state index is -0.554. The molecular formula is C11H9ClFNO. The van der Waals surface area contributed by atoms with Gasteiger partial charge in [0.1, 0.15) is 5.82 Å². The summed E-state index contributed by atoms with van der Waals surface area (Å²) < 4.78 is 12.8. The minimum absolute atomic E-state index is 0.0787. The maximum Gasteiger partial charge on any atom is 0.166 e. The number of carbonyl (C=O) groups is 1. The van der Waals surface area contributed by atoms with Crippen LogP contribution < -0.4 is 0 Å². The maximum absolute atomic E-state index is 12.8. The molecule has 78 valence electrons. The lowest BCUT2D eigenvalue weighted by Crippen LogP contribution is -2.10. The summed E-state index contributed by atoms with van der Waals surface area (Å²) in [4.78, 5) is 11.7. The Labute approximate surface area is 92.3 Å². The van der Waals surface area contributed by atoms with Crippen LogP contribution in [-0.4, -0.2) is 5.78 Å². The van der Waals surface area contributed by atoms with E-state index in [2.05, 4.69) is 0 Å². The van der Waals surface area contributed by atoms with E-state index >= 15 is 0 Å². The number of ketones is 1. The van der Waals surface area contributed by atoms with Crippen molar-refractivity contribution in [3.63, 3.8) is 0 Å². The topological polar surface area (TPSA) is 40.9 Å². The van der Waals surface area contributed by atoms with Gasteiger partial charge in [-0.05, 0) is 18.2 Å². The van der Waals surface area contributed by atoms with Crippen LogP contribution in [-0.2, 0) is 0 Å². The van der Waals surface area contributed by atoms with Gasteiger partial charge in [0.2, 0.25) is 0 Å². The average Bonchev–Trinajstić information content (AvgIpc) is 2.21. The second-order valence-corrected chi connectivity index (χ2v) is 3.66. The highest BCUT2D eigenvalue weighted by molar-refractivity contribution is 6.31. The third kappa shape index (κ3) is 2.77.